The van der Waals surface area contributed by atoms with Gasteiger partial charge in [-0.15, -0.1) is 0 Å². The molecule has 0 amide bonds. The van der Waals surface area contributed by atoms with Crippen molar-refractivity contribution in [2.75, 3.05) is 6.61 Å². The Balaban J connectivity index is 2.16. The normalized spacial score (nSPS) is 10.4. The number of ether oxygens (including phenoxy) is 1. The van der Waals surface area contributed by atoms with Crippen molar-refractivity contribution in [3.8, 4) is 11.5 Å². The van der Waals surface area contributed by atoms with Crippen LogP contribution in [0.5, 0.6) is 11.5 Å². The highest BCUT2D eigenvalue weighted by atomic mass is 19.1. The van der Waals surface area contributed by atoms with Gasteiger partial charge in [-0.2, -0.15) is 0 Å². The van der Waals surface area contributed by atoms with Crippen LogP contribution in [0.1, 0.15) is 11.3 Å². The van der Waals surface area contributed by atoms with E-state index in [1.807, 2.05) is 6.92 Å². The molecule has 0 bridgehead atoms. The molecule has 94 valence electrons. The van der Waals surface area contributed by atoms with Gasteiger partial charge in [0, 0.05) is 12.3 Å². The van der Waals surface area contributed by atoms with Gasteiger partial charge in [-0.25, -0.2) is 4.39 Å². The third kappa shape index (κ3) is 3.05. The van der Waals surface area contributed by atoms with Crippen LogP contribution in [0.15, 0.2) is 36.5 Å². The number of rotatable bonds is 4. The molecule has 0 saturated carbocycles. The lowest BCUT2D eigenvalue weighted by Gasteiger charge is -2.07. The van der Waals surface area contributed by atoms with E-state index in [4.69, 9.17) is 9.84 Å². The van der Waals surface area contributed by atoms with Gasteiger partial charge in [0.1, 0.15) is 5.75 Å². The van der Waals surface area contributed by atoms with Gasteiger partial charge >= 0.3 is 0 Å². The molecule has 0 spiro atoms. The number of aliphatic hydroxyl groups excluding tert-OH is 1. The monoisotopic (exact) mass is 247 g/mol. The summed E-state index contributed by atoms with van der Waals surface area (Å²) in [6.45, 7) is 1.87. The number of aromatic nitrogens is 1. The first-order valence-corrected chi connectivity index (χ1v) is 5.69. The zero-order valence-electron chi connectivity index (χ0n) is 10.1. The average molecular weight is 247 g/mol. The minimum Gasteiger partial charge on any atom is -0.453 e. The number of pyridine rings is 1. The number of benzene rings is 1. The SMILES string of the molecule is Cc1ccc(Oc2ccc(CCO)cc2F)cn1. The van der Waals surface area contributed by atoms with E-state index in [0.29, 0.717) is 12.2 Å². The van der Waals surface area contributed by atoms with Crippen LogP contribution in [0.2, 0.25) is 0 Å². The van der Waals surface area contributed by atoms with E-state index in [-0.39, 0.29) is 12.4 Å². The summed E-state index contributed by atoms with van der Waals surface area (Å²) in [5.41, 5.74) is 1.62. The molecule has 0 atom stereocenters. The fourth-order valence-electron chi connectivity index (χ4n) is 1.55. The maximum Gasteiger partial charge on any atom is 0.165 e. The molecule has 1 aromatic carbocycles. The summed E-state index contributed by atoms with van der Waals surface area (Å²) in [4.78, 5) is 4.07. The summed E-state index contributed by atoms with van der Waals surface area (Å²) in [5.74, 6) is 0.207. The molecule has 1 N–H and O–H groups in total. The van der Waals surface area contributed by atoms with Crippen molar-refractivity contribution in [1.29, 1.82) is 0 Å². The number of aliphatic hydroxyl groups is 1. The van der Waals surface area contributed by atoms with Crippen LogP contribution in [0.4, 0.5) is 4.39 Å². The fraction of sp³-hybridized carbons (Fsp3) is 0.214. The van der Waals surface area contributed by atoms with Crippen LogP contribution >= 0.6 is 0 Å². The Morgan fingerprint density at radius 2 is 2.11 bits per heavy atom. The van der Waals surface area contributed by atoms with Gasteiger partial charge in [0.25, 0.3) is 0 Å². The third-order valence-corrected chi connectivity index (χ3v) is 2.51. The van der Waals surface area contributed by atoms with Crippen molar-refractivity contribution in [1.82, 2.24) is 4.98 Å². The van der Waals surface area contributed by atoms with Crippen molar-refractivity contribution < 1.29 is 14.2 Å². The number of aryl methyl sites for hydroxylation is 1. The Kier molecular flexibility index (Phi) is 3.89. The van der Waals surface area contributed by atoms with E-state index in [9.17, 15) is 4.39 Å². The Morgan fingerprint density at radius 3 is 2.72 bits per heavy atom. The van der Waals surface area contributed by atoms with Gasteiger partial charge < -0.3 is 9.84 Å². The maximum atomic E-state index is 13.7. The molecular weight excluding hydrogens is 233 g/mol. The predicted octanol–water partition coefficient (Wildman–Crippen LogP) is 2.86. The lowest BCUT2D eigenvalue weighted by Crippen LogP contribution is -1.94. The van der Waals surface area contributed by atoms with E-state index >= 15 is 0 Å². The Morgan fingerprint density at radius 1 is 1.28 bits per heavy atom. The summed E-state index contributed by atoms with van der Waals surface area (Å²) in [6.07, 6.45) is 1.99. The molecule has 2 rings (SSSR count). The first kappa shape index (κ1) is 12.5. The molecular formula is C14H14FNO2. The van der Waals surface area contributed by atoms with Crippen molar-refractivity contribution in [2.45, 2.75) is 13.3 Å². The number of hydrogen-bond acceptors (Lipinski definition) is 3. The highest BCUT2D eigenvalue weighted by Gasteiger charge is 2.06. The van der Waals surface area contributed by atoms with Crippen LogP contribution < -0.4 is 4.74 Å². The lowest BCUT2D eigenvalue weighted by molar-refractivity contribution is 0.299. The number of hydrogen-bond donors (Lipinski definition) is 1. The number of halogens is 1. The van der Waals surface area contributed by atoms with E-state index in [2.05, 4.69) is 4.98 Å². The van der Waals surface area contributed by atoms with E-state index in [1.165, 1.54) is 6.07 Å². The standard InChI is InChI=1S/C14H14FNO2/c1-10-2-4-12(9-16-10)18-14-5-3-11(6-7-17)8-13(14)15/h2-5,8-9,17H,6-7H2,1H3. The van der Waals surface area contributed by atoms with E-state index in [1.54, 1.807) is 30.5 Å². The topological polar surface area (TPSA) is 42.4 Å². The highest BCUT2D eigenvalue weighted by molar-refractivity contribution is 5.33. The molecule has 1 aromatic heterocycles. The summed E-state index contributed by atoms with van der Waals surface area (Å²) >= 11 is 0. The summed E-state index contributed by atoms with van der Waals surface area (Å²) in [5, 5.41) is 8.78. The van der Waals surface area contributed by atoms with E-state index in [0.717, 1.165) is 11.3 Å². The fourth-order valence-corrected chi connectivity index (χ4v) is 1.55. The van der Waals surface area contributed by atoms with Crippen LogP contribution in [-0.4, -0.2) is 16.7 Å². The lowest BCUT2D eigenvalue weighted by atomic mass is 10.1. The molecule has 0 radical (unpaired) electrons. The first-order chi connectivity index (χ1) is 8.69. The van der Waals surface area contributed by atoms with Gasteiger partial charge in [0.15, 0.2) is 11.6 Å². The Labute approximate surface area is 105 Å². The van der Waals surface area contributed by atoms with Gasteiger partial charge in [0.2, 0.25) is 0 Å². The van der Waals surface area contributed by atoms with Gasteiger partial charge in [-0.05, 0) is 43.2 Å². The minimum atomic E-state index is -0.443. The molecule has 3 nitrogen and oxygen atoms in total. The van der Waals surface area contributed by atoms with Crippen LogP contribution in [0, 0.1) is 12.7 Å². The Hall–Kier alpha value is -1.94. The largest absolute Gasteiger partial charge is 0.453 e. The predicted molar refractivity (Wildman–Crippen MR) is 66.2 cm³/mol. The van der Waals surface area contributed by atoms with Gasteiger partial charge in [-0.3, -0.25) is 4.98 Å². The zero-order chi connectivity index (χ0) is 13.0. The maximum absolute atomic E-state index is 13.7. The zero-order valence-corrected chi connectivity index (χ0v) is 10.1. The van der Waals surface area contributed by atoms with Gasteiger partial charge in [0.05, 0.1) is 6.20 Å². The second-order valence-electron chi connectivity index (χ2n) is 3.98. The third-order valence-electron chi connectivity index (χ3n) is 2.51. The molecule has 18 heavy (non-hydrogen) atoms. The van der Waals surface area contributed by atoms with Crippen LogP contribution in [0.25, 0.3) is 0 Å². The molecule has 0 aliphatic carbocycles. The molecule has 0 aliphatic rings. The number of nitrogens with zero attached hydrogens (tertiary/aromatic N) is 1. The first-order valence-electron chi connectivity index (χ1n) is 5.69. The molecule has 0 aliphatic heterocycles. The molecule has 0 unspecified atom stereocenters. The molecule has 2 aromatic rings. The van der Waals surface area contributed by atoms with Crippen molar-refractivity contribution in [3.05, 3.63) is 53.6 Å². The van der Waals surface area contributed by atoms with Crippen molar-refractivity contribution >= 4 is 0 Å². The second kappa shape index (κ2) is 5.60. The van der Waals surface area contributed by atoms with Gasteiger partial charge in [-0.1, -0.05) is 6.07 Å². The van der Waals surface area contributed by atoms with Crippen molar-refractivity contribution in [3.63, 3.8) is 0 Å². The Bertz CT molecular complexity index is 526. The summed E-state index contributed by atoms with van der Waals surface area (Å²) < 4.78 is 19.1. The molecule has 4 heteroatoms. The molecule has 0 saturated heterocycles. The smallest absolute Gasteiger partial charge is 0.165 e. The van der Waals surface area contributed by atoms with E-state index < -0.39 is 5.82 Å². The quantitative estimate of drug-likeness (QED) is 0.903. The van der Waals surface area contributed by atoms with Crippen LogP contribution in [0.3, 0.4) is 0 Å². The minimum absolute atomic E-state index is 0.00151. The highest BCUT2D eigenvalue weighted by Crippen LogP contribution is 2.24. The second-order valence-corrected chi connectivity index (χ2v) is 3.98. The molecule has 1 heterocycles. The summed E-state index contributed by atoms with van der Waals surface area (Å²) in [6, 6.07) is 8.19. The summed E-state index contributed by atoms with van der Waals surface area (Å²) in [7, 11) is 0. The molecule has 0 fully saturated rings. The average Bonchev–Trinajstić information content (AvgIpc) is 2.36. The van der Waals surface area contributed by atoms with Crippen molar-refractivity contribution in [2.24, 2.45) is 0 Å². The van der Waals surface area contributed by atoms with Crippen LogP contribution in [-0.2, 0) is 6.42 Å².